The van der Waals surface area contributed by atoms with Crippen molar-refractivity contribution in [2.24, 2.45) is 0 Å². The van der Waals surface area contributed by atoms with Gasteiger partial charge in [0.25, 0.3) is 0 Å². The molecule has 12 nitrogen and oxygen atoms in total. The third kappa shape index (κ3) is 7.74. The Labute approximate surface area is 276 Å². The number of aromatic carboxylic acids is 1. The first-order chi connectivity index (χ1) is 22.9. The largest absolute Gasteiger partial charge is 0.478 e. The standard InChI is InChI=1S/C34H34ClN7O5/c35-26-9-12-29(42-21-37-39-40-42)24(18-26)8-13-31(43)41-20-25(22-4-2-1-3-5-22)19-30(47-28-14-16-36-17-15-28)32(41)33(44)38-27-10-6-23(7-11-27)34(45)46/h1-13,18,21,25,28,30,32,36H,14-17,19-20H2,(H,38,44)(H,45,46)/b13-8+/t25-,30+,32-/m0/s1. The summed E-state index contributed by atoms with van der Waals surface area (Å²) in [5.74, 6) is -1.95. The zero-order chi connectivity index (χ0) is 32.8. The number of hydrogen-bond acceptors (Lipinski definition) is 8. The molecule has 0 saturated carbocycles. The number of tetrazole rings is 1. The maximum absolute atomic E-state index is 14.2. The summed E-state index contributed by atoms with van der Waals surface area (Å²) in [5, 5.41) is 27.4. The molecular weight excluding hydrogens is 622 g/mol. The fourth-order valence-electron chi connectivity index (χ4n) is 6.16. The van der Waals surface area contributed by atoms with Crippen LogP contribution in [0.2, 0.25) is 5.02 Å². The van der Waals surface area contributed by atoms with Crippen LogP contribution in [0.15, 0.2) is 85.2 Å². The molecule has 2 fully saturated rings. The van der Waals surface area contributed by atoms with E-state index in [-0.39, 0.29) is 30.0 Å². The van der Waals surface area contributed by atoms with Crippen LogP contribution in [0.4, 0.5) is 5.69 Å². The summed E-state index contributed by atoms with van der Waals surface area (Å²) in [6.07, 6.45) is 5.96. The van der Waals surface area contributed by atoms with Crippen LogP contribution in [0, 0.1) is 0 Å². The van der Waals surface area contributed by atoms with Gasteiger partial charge in [-0.25, -0.2) is 4.79 Å². The van der Waals surface area contributed by atoms with Gasteiger partial charge in [0.1, 0.15) is 12.4 Å². The monoisotopic (exact) mass is 655 g/mol. The van der Waals surface area contributed by atoms with Gasteiger partial charge in [-0.05, 0) is 96.9 Å². The molecule has 3 aromatic carbocycles. The third-order valence-electron chi connectivity index (χ3n) is 8.49. The molecule has 3 atom stereocenters. The molecule has 0 bridgehead atoms. The second-order valence-electron chi connectivity index (χ2n) is 11.6. The van der Waals surface area contributed by atoms with Gasteiger partial charge in [0.2, 0.25) is 11.8 Å². The predicted molar refractivity (Wildman–Crippen MR) is 175 cm³/mol. The van der Waals surface area contributed by atoms with Crippen molar-refractivity contribution in [1.29, 1.82) is 0 Å². The van der Waals surface area contributed by atoms with Crippen LogP contribution in [0.25, 0.3) is 11.8 Å². The Morgan fingerprint density at radius 2 is 1.79 bits per heavy atom. The predicted octanol–water partition coefficient (Wildman–Crippen LogP) is 4.19. The van der Waals surface area contributed by atoms with Gasteiger partial charge >= 0.3 is 5.97 Å². The summed E-state index contributed by atoms with van der Waals surface area (Å²) in [7, 11) is 0. The zero-order valence-electron chi connectivity index (χ0n) is 25.4. The topological polar surface area (TPSA) is 152 Å². The molecule has 1 aromatic heterocycles. The van der Waals surface area contributed by atoms with E-state index in [1.54, 1.807) is 29.2 Å². The van der Waals surface area contributed by atoms with Crippen molar-refractivity contribution in [2.45, 2.75) is 43.4 Å². The number of aromatic nitrogens is 4. The molecule has 2 saturated heterocycles. The molecule has 6 rings (SSSR count). The quantitative estimate of drug-likeness (QED) is 0.226. The van der Waals surface area contributed by atoms with Crippen LogP contribution in [-0.4, -0.2) is 85.9 Å². The molecule has 47 heavy (non-hydrogen) atoms. The number of benzene rings is 3. The molecule has 3 heterocycles. The second-order valence-corrected chi connectivity index (χ2v) is 12.0. The first kappa shape index (κ1) is 32.0. The van der Waals surface area contributed by atoms with Crippen LogP contribution < -0.4 is 10.6 Å². The van der Waals surface area contributed by atoms with Crippen molar-refractivity contribution >= 4 is 41.1 Å². The van der Waals surface area contributed by atoms with Crippen molar-refractivity contribution < 1.29 is 24.2 Å². The van der Waals surface area contributed by atoms with Gasteiger partial charge < -0.3 is 25.4 Å². The van der Waals surface area contributed by atoms with E-state index in [1.165, 1.54) is 41.4 Å². The second kappa shape index (κ2) is 14.7. The number of carboxylic acids is 1. The van der Waals surface area contributed by atoms with E-state index in [0.717, 1.165) is 31.5 Å². The number of anilines is 1. The summed E-state index contributed by atoms with van der Waals surface area (Å²) in [4.78, 5) is 41.3. The Bertz CT molecular complexity index is 1730. The normalized spacial score (nSPS) is 20.3. The summed E-state index contributed by atoms with van der Waals surface area (Å²) < 4.78 is 8.17. The molecule has 0 radical (unpaired) electrons. The molecule has 2 aliphatic heterocycles. The Balaban J connectivity index is 1.35. The molecular formula is C34H34ClN7O5. The molecule has 0 aliphatic carbocycles. The molecule has 13 heteroatoms. The summed E-state index contributed by atoms with van der Waals surface area (Å²) in [6.45, 7) is 1.90. The van der Waals surface area contributed by atoms with Gasteiger partial charge in [-0.1, -0.05) is 41.9 Å². The van der Waals surface area contributed by atoms with E-state index in [4.69, 9.17) is 16.3 Å². The highest BCUT2D eigenvalue weighted by molar-refractivity contribution is 6.30. The minimum atomic E-state index is -1.07. The van der Waals surface area contributed by atoms with E-state index in [2.05, 4.69) is 26.2 Å². The van der Waals surface area contributed by atoms with E-state index in [1.807, 2.05) is 30.3 Å². The Morgan fingerprint density at radius 3 is 2.49 bits per heavy atom. The lowest BCUT2D eigenvalue weighted by Crippen LogP contribution is -2.59. The number of nitrogens with one attached hydrogen (secondary N) is 2. The van der Waals surface area contributed by atoms with E-state index >= 15 is 0 Å². The van der Waals surface area contributed by atoms with E-state index in [0.29, 0.717) is 28.4 Å². The smallest absolute Gasteiger partial charge is 0.335 e. The van der Waals surface area contributed by atoms with Crippen LogP contribution in [0.1, 0.15) is 46.7 Å². The van der Waals surface area contributed by atoms with Crippen LogP contribution in [0.5, 0.6) is 0 Å². The Morgan fingerprint density at radius 1 is 1.02 bits per heavy atom. The molecule has 0 unspecified atom stereocenters. The van der Waals surface area contributed by atoms with Crippen LogP contribution in [0.3, 0.4) is 0 Å². The van der Waals surface area contributed by atoms with Gasteiger partial charge in [-0.3, -0.25) is 9.59 Å². The highest BCUT2D eigenvalue weighted by Crippen LogP contribution is 2.34. The number of hydrogen-bond donors (Lipinski definition) is 3. The van der Waals surface area contributed by atoms with Gasteiger partial charge in [-0.15, -0.1) is 5.10 Å². The number of halogens is 1. The summed E-state index contributed by atoms with van der Waals surface area (Å²) >= 11 is 6.31. The van der Waals surface area contributed by atoms with Crippen molar-refractivity contribution in [3.63, 3.8) is 0 Å². The average molecular weight is 656 g/mol. The molecule has 4 aromatic rings. The number of amides is 2. The SMILES string of the molecule is O=C(O)c1ccc(NC(=O)[C@@H]2[C@H](OC3CCNCC3)C[C@H](c3ccccc3)CN2C(=O)/C=C/c2cc(Cl)ccc2-n2cnnn2)cc1. The van der Waals surface area contributed by atoms with Gasteiger partial charge in [-0.2, -0.15) is 4.68 Å². The lowest BCUT2D eigenvalue weighted by atomic mass is 9.84. The molecule has 0 spiro atoms. The third-order valence-corrected chi connectivity index (χ3v) is 8.72. The maximum Gasteiger partial charge on any atom is 0.335 e. The summed E-state index contributed by atoms with van der Waals surface area (Å²) in [6, 6.07) is 20.0. The highest BCUT2D eigenvalue weighted by atomic mass is 35.5. The van der Waals surface area contributed by atoms with E-state index in [9.17, 15) is 19.5 Å². The fraction of sp³-hybridized carbons (Fsp3) is 0.294. The zero-order valence-corrected chi connectivity index (χ0v) is 26.2. The van der Waals surface area contributed by atoms with Crippen LogP contribution in [-0.2, 0) is 14.3 Å². The molecule has 2 amide bonds. The minimum absolute atomic E-state index is 0.0706. The Hall–Kier alpha value is -4.91. The number of carboxylic acid groups (broad SMARTS) is 1. The van der Waals surface area contributed by atoms with Crippen molar-refractivity contribution in [2.75, 3.05) is 25.0 Å². The van der Waals surface area contributed by atoms with Crippen molar-refractivity contribution in [3.05, 3.63) is 107 Å². The Kier molecular flexibility index (Phi) is 10.0. The average Bonchev–Trinajstić information content (AvgIpc) is 3.63. The minimum Gasteiger partial charge on any atom is -0.478 e. The van der Waals surface area contributed by atoms with Crippen LogP contribution >= 0.6 is 11.6 Å². The lowest BCUT2D eigenvalue weighted by Gasteiger charge is -2.44. The van der Waals surface area contributed by atoms with E-state index < -0.39 is 24.0 Å². The van der Waals surface area contributed by atoms with Gasteiger partial charge in [0, 0.05) is 34.8 Å². The number of piperidine rings is 2. The maximum atomic E-state index is 14.2. The van der Waals surface area contributed by atoms with Gasteiger partial charge in [0.15, 0.2) is 0 Å². The number of nitrogens with zero attached hydrogens (tertiary/aromatic N) is 5. The highest BCUT2D eigenvalue weighted by Gasteiger charge is 2.44. The number of rotatable bonds is 9. The molecule has 3 N–H and O–H groups in total. The van der Waals surface area contributed by atoms with Crippen molar-refractivity contribution in [1.82, 2.24) is 30.4 Å². The fourth-order valence-corrected chi connectivity index (χ4v) is 6.34. The number of likely N-dealkylation sites (tertiary alicyclic amines) is 1. The molecule has 2 aliphatic rings. The van der Waals surface area contributed by atoms with Crippen molar-refractivity contribution in [3.8, 4) is 5.69 Å². The van der Waals surface area contributed by atoms with Gasteiger partial charge in [0.05, 0.1) is 23.5 Å². The number of ether oxygens (including phenoxy) is 1. The summed E-state index contributed by atoms with van der Waals surface area (Å²) in [5.41, 5.74) is 2.79. The molecule has 242 valence electrons. The number of carbonyl (C=O) groups excluding carboxylic acids is 2. The number of carbonyl (C=O) groups is 3. The lowest BCUT2D eigenvalue weighted by molar-refractivity contribution is -0.150. The first-order valence-corrected chi connectivity index (χ1v) is 15.8. The first-order valence-electron chi connectivity index (χ1n) is 15.4.